The van der Waals surface area contributed by atoms with Gasteiger partial charge in [0.2, 0.25) is 9.73 Å². The number of hydrogen-bond acceptors (Lipinski definition) is 6. The Morgan fingerprint density at radius 3 is 2.96 bits per heavy atom. The highest BCUT2D eigenvalue weighted by molar-refractivity contribution is 7.91. The van der Waals surface area contributed by atoms with Crippen molar-refractivity contribution < 1.29 is 8.42 Å². The number of thiazole rings is 1. The van der Waals surface area contributed by atoms with Gasteiger partial charge in [-0.3, -0.25) is 9.30 Å². The van der Waals surface area contributed by atoms with E-state index < -0.39 is 9.84 Å². The maximum Gasteiger partial charge on any atom is 0.216 e. The summed E-state index contributed by atoms with van der Waals surface area (Å²) < 4.78 is 28.8. The van der Waals surface area contributed by atoms with Crippen molar-refractivity contribution in [3.8, 4) is 0 Å². The van der Waals surface area contributed by atoms with Crippen molar-refractivity contribution in [3.63, 3.8) is 0 Å². The maximum absolute atomic E-state index is 11.6. The Bertz CT molecular complexity index is 1050. The number of sulfone groups is 1. The van der Waals surface area contributed by atoms with Crippen LogP contribution < -0.4 is 0 Å². The highest BCUT2D eigenvalue weighted by Crippen LogP contribution is 2.26. The molecular weight excluding hydrogens is 352 g/mol. The lowest BCUT2D eigenvalue weighted by atomic mass is 10.2. The van der Waals surface area contributed by atoms with Crippen LogP contribution in [0.3, 0.4) is 0 Å². The summed E-state index contributed by atoms with van der Waals surface area (Å²) in [5.74, 6) is 0.498. The Balaban J connectivity index is 1.67. The summed E-state index contributed by atoms with van der Waals surface area (Å²) in [5.41, 5.74) is 1.06. The molecule has 1 aliphatic rings. The normalized spacial score (nSPS) is 20.9. The number of fused-ring (bicyclic) bond motifs is 3. The predicted octanol–water partition coefficient (Wildman–Crippen LogP) is 2.16. The van der Waals surface area contributed by atoms with E-state index in [1.807, 2.05) is 34.5 Å². The Labute approximate surface area is 142 Å². The van der Waals surface area contributed by atoms with Gasteiger partial charge in [-0.1, -0.05) is 23.5 Å². The smallest absolute Gasteiger partial charge is 0.216 e. The van der Waals surface area contributed by atoms with Crippen LogP contribution in [0.4, 0.5) is 0 Å². The average molecular weight is 369 g/mol. The molecule has 23 heavy (non-hydrogen) atoms. The summed E-state index contributed by atoms with van der Waals surface area (Å²) in [6.07, 6.45) is 0.678. The minimum atomic E-state index is -2.89. The lowest BCUT2D eigenvalue weighted by Crippen LogP contribution is -2.34. The Morgan fingerprint density at radius 1 is 1.43 bits per heavy atom. The van der Waals surface area contributed by atoms with E-state index >= 15 is 0 Å². The van der Waals surface area contributed by atoms with Gasteiger partial charge >= 0.3 is 0 Å². The van der Waals surface area contributed by atoms with Crippen LogP contribution >= 0.6 is 23.6 Å². The van der Waals surface area contributed by atoms with Crippen molar-refractivity contribution in [3.05, 3.63) is 29.0 Å². The van der Waals surface area contributed by atoms with Gasteiger partial charge in [0.25, 0.3) is 0 Å². The lowest BCUT2D eigenvalue weighted by molar-refractivity contribution is 0.197. The molecule has 4 rings (SSSR count). The van der Waals surface area contributed by atoms with E-state index in [1.165, 1.54) is 0 Å². The molecule has 0 N–H and O–H groups in total. The number of benzene rings is 1. The molecule has 1 aromatic carbocycles. The van der Waals surface area contributed by atoms with Gasteiger partial charge in [0.05, 0.1) is 28.4 Å². The molecule has 0 bridgehead atoms. The number of rotatable bonds is 3. The second-order valence-electron chi connectivity index (χ2n) is 5.93. The van der Waals surface area contributed by atoms with Crippen LogP contribution in [0, 0.1) is 4.77 Å². The van der Waals surface area contributed by atoms with Gasteiger partial charge in [-0.05, 0) is 37.8 Å². The van der Waals surface area contributed by atoms with Crippen molar-refractivity contribution in [2.45, 2.75) is 19.1 Å². The molecule has 0 radical (unpaired) electrons. The Hall–Kier alpha value is -1.29. The van der Waals surface area contributed by atoms with E-state index in [0.29, 0.717) is 17.9 Å². The highest BCUT2D eigenvalue weighted by Gasteiger charge is 2.30. The fraction of sp³-hybridized carbons (Fsp3) is 0.429. The van der Waals surface area contributed by atoms with Gasteiger partial charge in [-0.25, -0.2) is 13.1 Å². The molecule has 1 aliphatic heterocycles. The SMILES string of the molecule is CN(Cn1nc2sc3ccccc3n2c1=S)[C@H]1CCS(=O)(=O)C1. The third-order valence-corrected chi connectivity index (χ3v) is 7.46. The zero-order valence-electron chi connectivity index (χ0n) is 12.5. The second kappa shape index (κ2) is 5.37. The van der Waals surface area contributed by atoms with Crippen LogP contribution in [-0.2, 0) is 16.5 Å². The third kappa shape index (κ3) is 2.61. The molecule has 9 heteroatoms. The predicted molar refractivity (Wildman–Crippen MR) is 94.2 cm³/mol. The molecule has 0 unspecified atom stereocenters. The molecule has 3 heterocycles. The molecule has 0 amide bonds. The summed E-state index contributed by atoms with van der Waals surface area (Å²) in [6, 6.07) is 8.13. The quantitative estimate of drug-likeness (QED) is 0.663. The number of para-hydroxylation sites is 1. The van der Waals surface area contributed by atoms with Crippen LogP contribution in [0.5, 0.6) is 0 Å². The Kier molecular flexibility index (Phi) is 3.56. The topological polar surface area (TPSA) is 59.6 Å². The maximum atomic E-state index is 11.6. The van der Waals surface area contributed by atoms with Crippen LogP contribution in [-0.4, -0.2) is 52.1 Å². The van der Waals surface area contributed by atoms with E-state index in [1.54, 1.807) is 16.0 Å². The molecule has 2 aromatic heterocycles. The summed E-state index contributed by atoms with van der Waals surface area (Å²) in [4.78, 5) is 2.89. The number of hydrogen-bond donors (Lipinski definition) is 0. The highest BCUT2D eigenvalue weighted by atomic mass is 32.2. The molecule has 0 spiro atoms. The van der Waals surface area contributed by atoms with Gasteiger partial charge < -0.3 is 0 Å². The molecule has 3 aromatic rings. The first-order valence-electron chi connectivity index (χ1n) is 7.32. The van der Waals surface area contributed by atoms with E-state index in [2.05, 4.69) is 11.2 Å². The first-order chi connectivity index (χ1) is 10.9. The van der Waals surface area contributed by atoms with Gasteiger partial charge in [0.1, 0.15) is 0 Å². The molecule has 6 nitrogen and oxygen atoms in total. The van der Waals surface area contributed by atoms with E-state index in [0.717, 1.165) is 15.2 Å². The van der Waals surface area contributed by atoms with E-state index in [9.17, 15) is 8.42 Å². The minimum Gasteiger partial charge on any atom is -0.283 e. The van der Waals surface area contributed by atoms with Gasteiger partial charge in [0, 0.05) is 6.04 Å². The van der Waals surface area contributed by atoms with Crippen LogP contribution in [0.25, 0.3) is 15.2 Å². The number of nitrogens with zero attached hydrogens (tertiary/aromatic N) is 4. The van der Waals surface area contributed by atoms with Crippen molar-refractivity contribution in [1.82, 2.24) is 19.1 Å². The van der Waals surface area contributed by atoms with Gasteiger partial charge in [0.15, 0.2) is 9.84 Å². The van der Waals surface area contributed by atoms with Crippen molar-refractivity contribution in [1.29, 1.82) is 0 Å². The standard InChI is InChI=1S/C14H16N4O2S3/c1-16(10-6-7-23(19,20)8-10)9-17-14(21)18-11-4-2-3-5-12(11)22-13(18)15-17/h2-5,10H,6-9H2,1H3/t10-/m0/s1. The zero-order valence-corrected chi connectivity index (χ0v) is 15.0. The molecule has 122 valence electrons. The van der Waals surface area contributed by atoms with Crippen LogP contribution in [0.2, 0.25) is 0 Å². The molecule has 0 saturated carbocycles. The monoisotopic (exact) mass is 368 g/mol. The van der Waals surface area contributed by atoms with Gasteiger partial charge in [-0.2, -0.15) is 0 Å². The summed E-state index contributed by atoms with van der Waals surface area (Å²) >= 11 is 7.18. The van der Waals surface area contributed by atoms with E-state index in [4.69, 9.17) is 12.2 Å². The number of aromatic nitrogens is 3. The molecule has 1 fully saturated rings. The third-order valence-electron chi connectivity index (χ3n) is 4.31. The summed E-state index contributed by atoms with van der Waals surface area (Å²) in [7, 11) is -0.957. The molecule has 1 atom stereocenters. The molecule has 1 saturated heterocycles. The lowest BCUT2D eigenvalue weighted by Gasteiger charge is -2.22. The summed E-state index contributed by atoms with van der Waals surface area (Å²) in [5, 5.41) is 4.60. The zero-order chi connectivity index (χ0) is 16.2. The summed E-state index contributed by atoms with van der Waals surface area (Å²) in [6.45, 7) is 0.502. The first kappa shape index (κ1) is 15.3. The molecular formula is C14H16N4O2S3. The first-order valence-corrected chi connectivity index (χ1v) is 10.4. The average Bonchev–Trinajstić information content (AvgIpc) is 3.13. The van der Waals surface area contributed by atoms with Crippen LogP contribution in [0.1, 0.15) is 6.42 Å². The van der Waals surface area contributed by atoms with Crippen molar-refractivity contribution in [2.24, 2.45) is 0 Å². The van der Waals surface area contributed by atoms with Crippen molar-refractivity contribution >= 4 is 48.6 Å². The second-order valence-corrected chi connectivity index (χ2v) is 9.53. The minimum absolute atomic E-state index is 0.0402. The molecule has 0 aliphatic carbocycles. The van der Waals surface area contributed by atoms with Crippen LogP contribution in [0.15, 0.2) is 24.3 Å². The fourth-order valence-electron chi connectivity index (χ4n) is 3.03. The van der Waals surface area contributed by atoms with E-state index in [-0.39, 0.29) is 17.5 Å². The fourth-order valence-corrected chi connectivity index (χ4v) is 6.20. The Morgan fingerprint density at radius 2 is 2.22 bits per heavy atom. The van der Waals surface area contributed by atoms with Gasteiger partial charge in [-0.15, -0.1) is 5.10 Å². The van der Waals surface area contributed by atoms with Crippen molar-refractivity contribution in [2.75, 3.05) is 18.6 Å². The largest absolute Gasteiger partial charge is 0.283 e.